The molecule has 0 heterocycles. The molecule has 4 heteroatoms. The van der Waals surface area contributed by atoms with Gasteiger partial charge in [0.15, 0.2) is 0 Å². The van der Waals surface area contributed by atoms with Gasteiger partial charge >= 0.3 is 0 Å². The van der Waals surface area contributed by atoms with E-state index in [1.807, 2.05) is 6.92 Å². The molecule has 1 aromatic rings. The SMILES string of the molecule is COc1ccc(Cl)c(NC(C)C(C)O)c1. The summed E-state index contributed by atoms with van der Waals surface area (Å²) in [5.41, 5.74) is 0.768. The van der Waals surface area contributed by atoms with Crippen molar-refractivity contribution in [3.63, 3.8) is 0 Å². The Labute approximate surface area is 95.0 Å². The molecule has 0 radical (unpaired) electrons. The van der Waals surface area contributed by atoms with Crippen molar-refractivity contribution in [2.75, 3.05) is 12.4 Å². The Morgan fingerprint density at radius 2 is 2.07 bits per heavy atom. The highest BCUT2D eigenvalue weighted by Crippen LogP contribution is 2.27. The number of nitrogens with one attached hydrogen (secondary N) is 1. The van der Waals surface area contributed by atoms with Gasteiger partial charge in [0.25, 0.3) is 0 Å². The van der Waals surface area contributed by atoms with E-state index in [9.17, 15) is 5.11 Å². The van der Waals surface area contributed by atoms with Crippen LogP contribution in [0, 0.1) is 0 Å². The van der Waals surface area contributed by atoms with Gasteiger partial charge in [0.05, 0.1) is 23.9 Å². The third-order valence-electron chi connectivity index (χ3n) is 2.28. The lowest BCUT2D eigenvalue weighted by atomic mass is 10.2. The first-order valence-electron chi connectivity index (χ1n) is 4.82. The first kappa shape index (κ1) is 12.1. The van der Waals surface area contributed by atoms with Crippen molar-refractivity contribution < 1.29 is 9.84 Å². The molecular formula is C11H16ClNO2. The molecular weight excluding hydrogens is 214 g/mol. The Balaban J connectivity index is 2.83. The molecule has 15 heavy (non-hydrogen) atoms. The molecule has 3 nitrogen and oxygen atoms in total. The number of ether oxygens (including phenoxy) is 1. The molecule has 0 aliphatic carbocycles. The Morgan fingerprint density at radius 3 is 2.60 bits per heavy atom. The second-order valence-corrected chi connectivity index (χ2v) is 3.93. The summed E-state index contributed by atoms with van der Waals surface area (Å²) in [5, 5.41) is 13.1. The number of methoxy groups -OCH3 is 1. The van der Waals surface area contributed by atoms with Gasteiger partial charge in [-0.25, -0.2) is 0 Å². The van der Waals surface area contributed by atoms with Gasteiger partial charge in [0.1, 0.15) is 5.75 Å². The quantitative estimate of drug-likeness (QED) is 0.834. The molecule has 2 atom stereocenters. The summed E-state index contributed by atoms with van der Waals surface area (Å²) in [5.74, 6) is 0.736. The van der Waals surface area contributed by atoms with E-state index in [0.29, 0.717) is 5.02 Å². The van der Waals surface area contributed by atoms with Gasteiger partial charge in [-0.15, -0.1) is 0 Å². The summed E-state index contributed by atoms with van der Waals surface area (Å²) in [6.07, 6.45) is -0.438. The smallest absolute Gasteiger partial charge is 0.121 e. The minimum atomic E-state index is -0.438. The Hall–Kier alpha value is -0.930. The molecule has 0 bridgehead atoms. The van der Waals surface area contributed by atoms with Crippen LogP contribution in [0.4, 0.5) is 5.69 Å². The van der Waals surface area contributed by atoms with Crippen LogP contribution in [0.3, 0.4) is 0 Å². The summed E-state index contributed by atoms with van der Waals surface area (Å²) in [4.78, 5) is 0. The fraction of sp³-hybridized carbons (Fsp3) is 0.455. The maximum atomic E-state index is 9.36. The number of anilines is 1. The second-order valence-electron chi connectivity index (χ2n) is 3.52. The zero-order chi connectivity index (χ0) is 11.4. The fourth-order valence-corrected chi connectivity index (χ4v) is 1.28. The summed E-state index contributed by atoms with van der Waals surface area (Å²) in [7, 11) is 1.60. The first-order chi connectivity index (χ1) is 7.04. The largest absolute Gasteiger partial charge is 0.497 e. The number of aliphatic hydroxyl groups excluding tert-OH is 1. The predicted molar refractivity (Wildman–Crippen MR) is 62.8 cm³/mol. The van der Waals surface area contributed by atoms with Crippen LogP contribution in [0.25, 0.3) is 0 Å². The van der Waals surface area contributed by atoms with E-state index in [1.54, 1.807) is 32.2 Å². The van der Waals surface area contributed by atoms with Crippen LogP contribution < -0.4 is 10.1 Å². The van der Waals surface area contributed by atoms with Crippen LogP contribution in [0.1, 0.15) is 13.8 Å². The van der Waals surface area contributed by atoms with Gasteiger partial charge < -0.3 is 15.2 Å². The molecule has 0 spiro atoms. The monoisotopic (exact) mass is 229 g/mol. The van der Waals surface area contributed by atoms with Crippen molar-refractivity contribution in [1.29, 1.82) is 0 Å². The van der Waals surface area contributed by atoms with Gasteiger partial charge in [-0.2, -0.15) is 0 Å². The van der Waals surface area contributed by atoms with Crippen LogP contribution in [-0.4, -0.2) is 24.4 Å². The average Bonchev–Trinajstić information content (AvgIpc) is 2.21. The Bertz CT molecular complexity index is 328. The van der Waals surface area contributed by atoms with Crippen molar-refractivity contribution in [1.82, 2.24) is 0 Å². The van der Waals surface area contributed by atoms with E-state index in [1.165, 1.54) is 0 Å². The van der Waals surface area contributed by atoms with Gasteiger partial charge in [-0.05, 0) is 26.0 Å². The van der Waals surface area contributed by atoms with Crippen LogP contribution >= 0.6 is 11.6 Å². The molecule has 0 aliphatic heterocycles. The topological polar surface area (TPSA) is 41.5 Å². The number of aliphatic hydroxyl groups is 1. The first-order valence-corrected chi connectivity index (χ1v) is 5.20. The van der Waals surface area contributed by atoms with Crippen molar-refractivity contribution in [2.45, 2.75) is 26.0 Å². The molecule has 0 amide bonds. The highest BCUT2D eigenvalue weighted by Gasteiger charge is 2.10. The lowest BCUT2D eigenvalue weighted by Crippen LogP contribution is -2.27. The van der Waals surface area contributed by atoms with E-state index in [2.05, 4.69) is 5.32 Å². The maximum absolute atomic E-state index is 9.36. The number of benzene rings is 1. The zero-order valence-electron chi connectivity index (χ0n) is 9.12. The fourth-order valence-electron chi connectivity index (χ4n) is 1.11. The summed E-state index contributed by atoms with van der Waals surface area (Å²) in [6, 6.07) is 5.30. The highest BCUT2D eigenvalue weighted by atomic mass is 35.5. The zero-order valence-corrected chi connectivity index (χ0v) is 9.88. The lowest BCUT2D eigenvalue weighted by molar-refractivity contribution is 0.178. The molecule has 0 fully saturated rings. The minimum absolute atomic E-state index is 0.0605. The molecule has 0 aromatic heterocycles. The van der Waals surface area contributed by atoms with E-state index < -0.39 is 6.10 Å². The van der Waals surface area contributed by atoms with Gasteiger partial charge in [-0.3, -0.25) is 0 Å². The minimum Gasteiger partial charge on any atom is -0.497 e. The highest BCUT2D eigenvalue weighted by molar-refractivity contribution is 6.33. The average molecular weight is 230 g/mol. The van der Waals surface area contributed by atoms with Crippen molar-refractivity contribution in [2.24, 2.45) is 0 Å². The molecule has 1 aromatic carbocycles. The molecule has 84 valence electrons. The Morgan fingerprint density at radius 1 is 1.40 bits per heavy atom. The predicted octanol–water partition coefficient (Wildman–Crippen LogP) is 2.53. The molecule has 0 saturated carbocycles. The number of halogens is 1. The van der Waals surface area contributed by atoms with Crippen LogP contribution in [-0.2, 0) is 0 Å². The van der Waals surface area contributed by atoms with Crippen LogP contribution in [0.15, 0.2) is 18.2 Å². The summed E-state index contributed by atoms with van der Waals surface area (Å²) >= 11 is 6.00. The van der Waals surface area contributed by atoms with Crippen LogP contribution in [0.5, 0.6) is 5.75 Å². The third kappa shape index (κ3) is 3.29. The second kappa shape index (κ2) is 5.24. The number of hydrogen-bond acceptors (Lipinski definition) is 3. The van der Waals surface area contributed by atoms with Gasteiger partial charge in [0.2, 0.25) is 0 Å². The number of hydrogen-bond donors (Lipinski definition) is 2. The van der Waals surface area contributed by atoms with E-state index in [4.69, 9.17) is 16.3 Å². The molecule has 0 saturated heterocycles. The third-order valence-corrected chi connectivity index (χ3v) is 2.61. The molecule has 2 N–H and O–H groups in total. The van der Waals surface area contributed by atoms with E-state index >= 15 is 0 Å². The van der Waals surface area contributed by atoms with Crippen molar-refractivity contribution >= 4 is 17.3 Å². The van der Waals surface area contributed by atoms with Crippen LogP contribution in [0.2, 0.25) is 5.02 Å². The molecule has 1 rings (SSSR count). The lowest BCUT2D eigenvalue weighted by Gasteiger charge is -2.19. The van der Waals surface area contributed by atoms with E-state index in [0.717, 1.165) is 11.4 Å². The summed E-state index contributed by atoms with van der Waals surface area (Å²) < 4.78 is 5.09. The normalized spacial score (nSPS) is 14.5. The maximum Gasteiger partial charge on any atom is 0.121 e. The molecule has 2 unspecified atom stereocenters. The Kier molecular flexibility index (Phi) is 4.24. The standard InChI is InChI=1S/C11H16ClNO2/c1-7(8(2)14)13-11-6-9(15-3)4-5-10(11)12/h4-8,13-14H,1-3H3. The number of rotatable bonds is 4. The van der Waals surface area contributed by atoms with Crippen molar-refractivity contribution in [3.8, 4) is 5.75 Å². The van der Waals surface area contributed by atoms with Gasteiger partial charge in [-0.1, -0.05) is 11.6 Å². The van der Waals surface area contributed by atoms with Crippen molar-refractivity contribution in [3.05, 3.63) is 23.2 Å². The summed E-state index contributed by atoms with van der Waals surface area (Å²) in [6.45, 7) is 3.62. The van der Waals surface area contributed by atoms with E-state index in [-0.39, 0.29) is 6.04 Å². The van der Waals surface area contributed by atoms with Gasteiger partial charge in [0, 0.05) is 12.1 Å². The molecule has 0 aliphatic rings.